The number of ether oxygens (including phenoxy) is 2. The summed E-state index contributed by atoms with van der Waals surface area (Å²) in [6, 6.07) is 9.58. The zero-order chi connectivity index (χ0) is 27.9. The van der Waals surface area contributed by atoms with Crippen LogP contribution in [0.1, 0.15) is 59.9 Å². The molecule has 0 saturated carbocycles. The van der Waals surface area contributed by atoms with Crippen molar-refractivity contribution in [1.82, 2.24) is 10.6 Å². The van der Waals surface area contributed by atoms with Gasteiger partial charge in [-0.25, -0.2) is 9.59 Å². The number of nitrogens with one attached hydrogen (secondary N) is 2. The van der Waals surface area contributed by atoms with Crippen LogP contribution in [-0.4, -0.2) is 59.1 Å². The zero-order valence-corrected chi connectivity index (χ0v) is 26.6. The van der Waals surface area contributed by atoms with Gasteiger partial charge in [-0.15, -0.1) is 0 Å². The molecule has 0 bridgehead atoms. The van der Waals surface area contributed by atoms with Gasteiger partial charge in [-0.2, -0.15) is 0 Å². The Morgan fingerprint density at radius 1 is 0.889 bits per heavy atom. The Kier molecular flexibility index (Phi) is 11.3. The van der Waals surface area contributed by atoms with E-state index in [0.717, 1.165) is 5.56 Å². The average Bonchev–Trinajstić information content (AvgIpc) is 2.69. The van der Waals surface area contributed by atoms with Crippen molar-refractivity contribution in [3.8, 4) is 0 Å². The van der Waals surface area contributed by atoms with Gasteiger partial charge < -0.3 is 24.5 Å². The van der Waals surface area contributed by atoms with Gasteiger partial charge in [-0.1, -0.05) is 70.7 Å². The van der Waals surface area contributed by atoms with E-state index in [1.54, 1.807) is 6.92 Å². The van der Waals surface area contributed by atoms with E-state index in [1.165, 1.54) is 0 Å². The molecule has 3 atom stereocenters. The molecule has 1 rings (SSSR count). The van der Waals surface area contributed by atoms with Gasteiger partial charge >= 0.3 is 12.2 Å². The molecule has 206 valence electrons. The number of alkyl carbamates (subject to hydrolysis) is 2. The van der Waals surface area contributed by atoms with Crippen LogP contribution in [0.15, 0.2) is 30.3 Å². The molecule has 2 N–H and O–H groups in total. The van der Waals surface area contributed by atoms with Crippen molar-refractivity contribution in [2.24, 2.45) is 0 Å². The van der Waals surface area contributed by atoms with Crippen LogP contribution >= 0.6 is 0 Å². The average molecular weight is 539 g/mol. The third-order valence-electron chi connectivity index (χ3n) is 6.59. The van der Waals surface area contributed by atoms with E-state index in [9.17, 15) is 9.59 Å². The highest BCUT2D eigenvalue weighted by Crippen LogP contribution is 2.38. The number of hydrogen-bond acceptors (Lipinski definition) is 5. The quantitative estimate of drug-likeness (QED) is 0.325. The van der Waals surface area contributed by atoms with E-state index in [-0.39, 0.29) is 23.2 Å². The minimum absolute atomic E-state index is 0.0106. The molecule has 0 aliphatic heterocycles. The lowest BCUT2D eigenvalue weighted by atomic mass is 9.91. The van der Waals surface area contributed by atoms with Crippen molar-refractivity contribution in [3.63, 3.8) is 0 Å². The van der Waals surface area contributed by atoms with E-state index in [4.69, 9.17) is 13.9 Å². The molecule has 0 unspecified atom stereocenters. The maximum absolute atomic E-state index is 13.0. The highest BCUT2D eigenvalue weighted by molar-refractivity contribution is 6.78. The maximum atomic E-state index is 13.0. The van der Waals surface area contributed by atoms with Gasteiger partial charge in [0.2, 0.25) is 0 Å². The SMILES string of the molecule is CCOC(=O)N[C@H](CO[Si](C)(C)C(C)(C)C)[C@@H](c1ccccc1)[C@@H](NC(=O)OC(C)(C)C)[Si](C)(C)C. The van der Waals surface area contributed by atoms with E-state index >= 15 is 0 Å². The van der Waals surface area contributed by atoms with E-state index in [0.29, 0.717) is 6.61 Å². The summed E-state index contributed by atoms with van der Waals surface area (Å²) in [5.41, 5.74) is 0.149. The Hall–Kier alpha value is -1.85. The van der Waals surface area contributed by atoms with E-state index in [2.05, 4.69) is 64.1 Å². The summed E-state index contributed by atoms with van der Waals surface area (Å²) in [7, 11) is -4.18. The standard InChI is InChI=1S/C27H50N2O5Si2/c1-13-32-24(30)28-21(19-33-36(11,12)27(5,6)7)22(20-17-15-14-16-18-20)23(35(8,9)10)29-25(31)34-26(2,3)4/h14-18,21-23H,13,19H2,1-12H3,(H,28,30)(H,29,31)/t21-,22-,23+/m1/s1. The van der Waals surface area contributed by atoms with Gasteiger partial charge in [0, 0.05) is 11.6 Å². The molecule has 0 fully saturated rings. The fourth-order valence-electron chi connectivity index (χ4n) is 3.69. The molecule has 9 heteroatoms. The largest absolute Gasteiger partial charge is 0.450 e. The Balaban J connectivity index is 3.57. The minimum atomic E-state index is -2.12. The highest BCUT2D eigenvalue weighted by atomic mass is 28.4. The molecular formula is C27H50N2O5Si2. The summed E-state index contributed by atoms with van der Waals surface area (Å²) in [5.74, 6) is -0.250. The lowest BCUT2D eigenvalue weighted by molar-refractivity contribution is 0.0507. The number of amides is 2. The van der Waals surface area contributed by atoms with Crippen LogP contribution in [0.3, 0.4) is 0 Å². The Labute approximate surface area is 221 Å². The van der Waals surface area contributed by atoms with E-state index < -0.39 is 40.2 Å². The van der Waals surface area contributed by atoms with Crippen LogP contribution in [0.25, 0.3) is 0 Å². The minimum Gasteiger partial charge on any atom is -0.450 e. The second kappa shape index (κ2) is 12.6. The molecule has 1 aromatic carbocycles. The number of rotatable bonds is 10. The summed E-state index contributed by atoms with van der Waals surface area (Å²) >= 11 is 0. The molecule has 7 nitrogen and oxygen atoms in total. The van der Waals surface area contributed by atoms with Crippen molar-refractivity contribution in [2.45, 2.75) is 109 Å². The Morgan fingerprint density at radius 3 is 1.89 bits per heavy atom. The van der Waals surface area contributed by atoms with Crippen molar-refractivity contribution in [1.29, 1.82) is 0 Å². The highest BCUT2D eigenvalue weighted by Gasteiger charge is 2.44. The fourth-order valence-corrected chi connectivity index (χ4v) is 6.77. The first-order chi connectivity index (χ1) is 16.3. The summed E-state index contributed by atoms with van der Waals surface area (Å²) in [6.07, 6.45) is -0.954. The monoisotopic (exact) mass is 538 g/mol. The van der Waals surface area contributed by atoms with E-state index in [1.807, 2.05) is 51.1 Å². The maximum Gasteiger partial charge on any atom is 0.407 e. The topological polar surface area (TPSA) is 85.9 Å². The van der Waals surface area contributed by atoms with Crippen LogP contribution in [0.4, 0.5) is 9.59 Å². The van der Waals surface area contributed by atoms with Gasteiger partial charge in [0.25, 0.3) is 0 Å². The summed E-state index contributed by atoms with van der Waals surface area (Å²) < 4.78 is 17.5. The normalized spacial score (nSPS) is 15.4. The van der Waals surface area contributed by atoms with Gasteiger partial charge in [-0.3, -0.25) is 0 Å². The molecule has 0 saturated heterocycles. The molecule has 0 spiro atoms. The molecule has 0 aliphatic carbocycles. The first-order valence-electron chi connectivity index (χ1n) is 12.9. The van der Waals surface area contributed by atoms with Gasteiger partial charge in [0.1, 0.15) is 5.60 Å². The smallest absolute Gasteiger partial charge is 0.407 e. The molecule has 2 amide bonds. The van der Waals surface area contributed by atoms with Crippen molar-refractivity contribution in [3.05, 3.63) is 35.9 Å². The van der Waals surface area contributed by atoms with Crippen molar-refractivity contribution >= 4 is 28.6 Å². The third-order valence-corrected chi connectivity index (χ3v) is 13.5. The fraction of sp³-hybridized carbons (Fsp3) is 0.704. The predicted octanol–water partition coefficient (Wildman–Crippen LogP) is 6.68. The number of benzene rings is 1. The molecule has 0 aliphatic rings. The molecule has 0 radical (unpaired) electrons. The first-order valence-corrected chi connectivity index (χ1v) is 19.4. The molecular weight excluding hydrogens is 488 g/mol. The molecule has 36 heavy (non-hydrogen) atoms. The first kappa shape index (κ1) is 32.2. The molecule has 1 aromatic rings. The molecule has 0 aromatic heterocycles. The lowest BCUT2D eigenvalue weighted by Gasteiger charge is -2.43. The number of hydrogen-bond donors (Lipinski definition) is 2. The van der Waals surface area contributed by atoms with Gasteiger partial charge in [-0.05, 0) is 51.4 Å². The summed E-state index contributed by atoms with van der Waals surface area (Å²) in [6.45, 7) is 25.5. The predicted molar refractivity (Wildman–Crippen MR) is 153 cm³/mol. The van der Waals surface area contributed by atoms with Gasteiger partial charge in [0.15, 0.2) is 8.32 Å². The Bertz CT molecular complexity index is 842. The second-order valence-electron chi connectivity index (χ2n) is 13.0. The number of carbonyl (C=O) groups excluding carboxylic acids is 2. The van der Waals surface area contributed by atoms with Crippen LogP contribution in [0, 0.1) is 0 Å². The summed E-state index contributed by atoms with van der Waals surface area (Å²) in [4.78, 5) is 25.7. The van der Waals surface area contributed by atoms with Crippen LogP contribution in [0.2, 0.25) is 37.8 Å². The van der Waals surface area contributed by atoms with Crippen molar-refractivity contribution in [2.75, 3.05) is 13.2 Å². The summed E-state index contributed by atoms with van der Waals surface area (Å²) in [5, 5.41) is 6.28. The second-order valence-corrected chi connectivity index (χ2v) is 23.1. The Morgan fingerprint density at radius 2 is 1.44 bits per heavy atom. The van der Waals surface area contributed by atoms with Gasteiger partial charge in [0.05, 0.1) is 27.3 Å². The number of carbonyl (C=O) groups is 2. The lowest BCUT2D eigenvalue weighted by Crippen LogP contribution is -2.61. The third kappa shape index (κ3) is 10.3. The van der Waals surface area contributed by atoms with Crippen LogP contribution < -0.4 is 10.6 Å². The van der Waals surface area contributed by atoms with Crippen molar-refractivity contribution < 1.29 is 23.5 Å². The van der Waals surface area contributed by atoms with Crippen LogP contribution in [-0.2, 0) is 13.9 Å². The molecule has 0 heterocycles. The zero-order valence-electron chi connectivity index (χ0n) is 24.6. The van der Waals surface area contributed by atoms with Crippen LogP contribution in [0.5, 0.6) is 0 Å².